The summed E-state index contributed by atoms with van der Waals surface area (Å²) in [5.74, 6) is -3.40. The molecule has 1 heterocycles. The van der Waals surface area contributed by atoms with Crippen molar-refractivity contribution in [3.05, 3.63) is 71.7 Å². The van der Waals surface area contributed by atoms with Gasteiger partial charge in [0.15, 0.2) is 11.6 Å². The zero-order chi connectivity index (χ0) is 21.2. The zero-order valence-electron chi connectivity index (χ0n) is 15.6. The zero-order valence-corrected chi connectivity index (χ0v) is 16.5. The summed E-state index contributed by atoms with van der Waals surface area (Å²) in [6.07, 6.45) is 1.36. The SMILES string of the molecule is CCN(C[C@H](N)Cc1cc(F)c(F)cc1F)S(=O)(=O)c1cccc2cccnc12. The molecular formula is C20H20F3N3O2S. The number of pyridine rings is 1. The second kappa shape index (κ2) is 8.48. The first kappa shape index (κ1) is 21.2. The molecule has 154 valence electrons. The summed E-state index contributed by atoms with van der Waals surface area (Å²) in [7, 11) is -3.93. The highest BCUT2D eigenvalue weighted by molar-refractivity contribution is 7.89. The molecule has 0 saturated heterocycles. The Bertz CT molecular complexity index is 1130. The van der Waals surface area contributed by atoms with Gasteiger partial charge in [-0.15, -0.1) is 0 Å². The van der Waals surface area contributed by atoms with Crippen molar-refractivity contribution >= 4 is 20.9 Å². The second-order valence-electron chi connectivity index (χ2n) is 6.61. The molecule has 1 aromatic heterocycles. The average molecular weight is 423 g/mol. The Labute approximate surface area is 167 Å². The molecule has 0 amide bonds. The van der Waals surface area contributed by atoms with Gasteiger partial charge in [0.05, 0.1) is 5.52 Å². The van der Waals surface area contributed by atoms with E-state index < -0.39 is 33.5 Å². The Morgan fingerprint density at radius 3 is 2.48 bits per heavy atom. The van der Waals surface area contributed by atoms with Gasteiger partial charge in [-0.3, -0.25) is 4.98 Å². The molecular weight excluding hydrogens is 403 g/mol. The van der Waals surface area contributed by atoms with Gasteiger partial charge in [0.1, 0.15) is 10.7 Å². The molecule has 0 aliphatic rings. The van der Waals surface area contributed by atoms with Gasteiger partial charge in [0, 0.05) is 36.8 Å². The first-order chi connectivity index (χ1) is 13.7. The van der Waals surface area contributed by atoms with Gasteiger partial charge in [0.25, 0.3) is 0 Å². The molecule has 9 heteroatoms. The van der Waals surface area contributed by atoms with E-state index >= 15 is 0 Å². The molecule has 3 rings (SSSR count). The minimum Gasteiger partial charge on any atom is -0.326 e. The summed E-state index contributed by atoms with van der Waals surface area (Å²) in [6.45, 7) is 1.65. The summed E-state index contributed by atoms with van der Waals surface area (Å²) < 4.78 is 67.9. The minimum atomic E-state index is -3.93. The molecule has 0 aliphatic carbocycles. The molecule has 2 aromatic carbocycles. The fraction of sp³-hybridized carbons (Fsp3) is 0.250. The molecule has 5 nitrogen and oxygen atoms in total. The molecule has 2 N–H and O–H groups in total. The van der Waals surface area contributed by atoms with E-state index in [1.54, 1.807) is 31.2 Å². The van der Waals surface area contributed by atoms with E-state index in [1.165, 1.54) is 16.6 Å². The van der Waals surface area contributed by atoms with E-state index in [2.05, 4.69) is 4.98 Å². The number of aromatic nitrogens is 1. The van der Waals surface area contributed by atoms with Crippen molar-refractivity contribution in [1.82, 2.24) is 9.29 Å². The van der Waals surface area contributed by atoms with Gasteiger partial charge in [-0.25, -0.2) is 21.6 Å². The molecule has 0 aliphatic heterocycles. The van der Waals surface area contributed by atoms with Gasteiger partial charge < -0.3 is 5.73 Å². The van der Waals surface area contributed by atoms with Crippen molar-refractivity contribution in [3.8, 4) is 0 Å². The van der Waals surface area contributed by atoms with Crippen LogP contribution in [0.1, 0.15) is 12.5 Å². The van der Waals surface area contributed by atoms with Gasteiger partial charge in [-0.05, 0) is 30.2 Å². The second-order valence-corrected chi connectivity index (χ2v) is 8.52. The third-order valence-electron chi connectivity index (χ3n) is 4.58. The predicted molar refractivity (Wildman–Crippen MR) is 104 cm³/mol. The van der Waals surface area contributed by atoms with E-state index in [0.717, 1.165) is 6.07 Å². The number of nitrogens with zero attached hydrogens (tertiary/aromatic N) is 2. The van der Waals surface area contributed by atoms with Crippen molar-refractivity contribution in [1.29, 1.82) is 0 Å². The lowest BCUT2D eigenvalue weighted by molar-refractivity contribution is 0.393. The molecule has 0 bridgehead atoms. The monoisotopic (exact) mass is 423 g/mol. The Morgan fingerprint density at radius 1 is 1.07 bits per heavy atom. The first-order valence-electron chi connectivity index (χ1n) is 8.97. The third kappa shape index (κ3) is 4.42. The maximum atomic E-state index is 13.9. The van der Waals surface area contributed by atoms with Crippen molar-refractivity contribution < 1.29 is 21.6 Å². The first-order valence-corrected chi connectivity index (χ1v) is 10.4. The van der Waals surface area contributed by atoms with E-state index in [1.807, 2.05) is 0 Å². The molecule has 1 atom stereocenters. The van der Waals surface area contributed by atoms with Crippen LogP contribution >= 0.6 is 0 Å². The highest BCUT2D eigenvalue weighted by Gasteiger charge is 2.27. The molecule has 0 spiro atoms. The van der Waals surface area contributed by atoms with E-state index in [0.29, 0.717) is 17.0 Å². The lowest BCUT2D eigenvalue weighted by Crippen LogP contribution is -2.42. The van der Waals surface area contributed by atoms with E-state index in [9.17, 15) is 21.6 Å². The lowest BCUT2D eigenvalue weighted by atomic mass is 10.1. The Kier molecular flexibility index (Phi) is 6.21. The van der Waals surface area contributed by atoms with Crippen LogP contribution < -0.4 is 5.73 Å². The van der Waals surface area contributed by atoms with Crippen LogP contribution in [-0.2, 0) is 16.4 Å². The predicted octanol–water partition coefficient (Wildman–Crippen LogP) is 3.23. The molecule has 3 aromatic rings. The van der Waals surface area contributed by atoms with Gasteiger partial charge in [-0.2, -0.15) is 4.31 Å². The Morgan fingerprint density at radius 2 is 1.76 bits per heavy atom. The fourth-order valence-electron chi connectivity index (χ4n) is 3.15. The maximum absolute atomic E-state index is 13.9. The van der Waals surface area contributed by atoms with Gasteiger partial charge >= 0.3 is 0 Å². The van der Waals surface area contributed by atoms with Crippen LogP contribution in [0.25, 0.3) is 10.9 Å². The highest BCUT2D eigenvalue weighted by atomic mass is 32.2. The number of likely N-dealkylation sites (N-methyl/N-ethyl adjacent to an activating group) is 1. The summed E-state index contributed by atoms with van der Waals surface area (Å²) in [6, 6.07) is 8.69. The highest BCUT2D eigenvalue weighted by Crippen LogP contribution is 2.24. The molecule has 0 fully saturated rings. The standard InChI is InChI=1S/C20H20F3N3O2S/c1-2-26(12-15(24)9-14-10-17(22)18(23)11-16(14)21)29(27,28)19-7-3-5-13-6-4-8-25-20(13)19/h3-8,10-11,15H,2,9,12,24H2,1H3/t15-/m1/s1. The van der Waals surface area contributed by atoms with Crippen LogP contribution in [0.3, 0.4) is 0 Å². The molecule has 0 radical (unpaired) electrons. The number of rotatable bonds is 7. The number of para-hydroxylation sites is 1. The van der Waals surface area contributed by atoms with Crippen molar-refractivity contribution in [2.45, 2.75) is 24.3 Å². The number of benzene rings is 2. The maximum Gasteiger partial charge on any atom is 0.245 e. The van der Waals surface area contributed by atoms with Crippen molar-refractivity contribution in [2.75, 3.05) is 13.1 Å². The van der Waals surface area contributed by atoms with Crippen LogP contribution in [-0.4, -0.2) is 36.8 Å². The topological polar surface area (TPSA) is 76.3 Å². The smallest absolute Gasteiger partial charge is 0.245 e. The molecule has 0 unspecified atom stereocenters. The van der Waals surface area contributed by atoms with E-state index in [4.69, 9.17) is 5.73 Å². The van der Waals surface area contributed by atoms with Crippen molar-refractivity contribution in [2.24, 2.45) is 5.73 Å². The third-order valence-corrected chi connectivity index (χ3v) is 6.55. The van der Waals surface area contributed by atoms with Crippen LogP contribution in [0.15, 0.2) is 53.6 Å². The van der Waals surface area contributed by atoms with E-state index in [-0.39, 0.29) is 30.0 Å². The molecule has 29 heavy (non-hydrogen) atoms. The minimum absolute atomic E-state index is 0.0451. The Hall–Kier alpha value is -2.49. The largest absolute Gasteiger partial charge is 0.326 e. The number of sulfonamides is 1. The van der Waals surface area contributed by atoms with Crippen LogP contribution in [0.4, 0.5) is 13.2 Å². The van der Waals surface area contributed by atoms with Crippen molar-refractivity contribution in [3.63, 3.8) is 0 Å². The van der Waals surface area contributed by atoms with Crippen LogP contribution in [0.2, 0.25) is 0 Å². The fourth-order valence-corrected chi connectivity index (χ4v) is 4.82. The van der Waals surface area contributed by atoms with Gasteiger partial charge in [-0.1, -0.05) is 25.1 Å². The normalized spacial score (nSPS) is 13.2. The number of fused-ring (bicyclic) bond motifs is 1. The average Bonchev–Trinajstić information content (AvgIpc) is 2.69. The van der Waals surface area contributed by atoms with Crippen LogP contribution in [0, 0.1) is 17.5 Å². The number of hydrogen-bond acceptors (Lipinski definition) is 4. The quantitative estimate of drug-likeness (QED) is 0.592. The van der Waals surface area contributed by atoms with Gasteiger partial charge in [0.2, 0.25) is 10.0 Å². The summed E-state index contributed by atoms with van der Waals surface area (Å²) in [4.78, 5) is 4.22. The number of halogens is 3. The number of hydrogen-bond donors (Lipinski definition) is 1. The summed E-state index contributed by atoms with van der Waals surface area (Å²) in [5.41, 5.74) is 6.25. The molecule has 0 saturated carbocycles. The lowest BCUT2D eigenvalue weighted by Gasteiger charge is -2.24. The Balaban J connectivity index is 1.86. The summed E-state index contributed by atoms with van der Waals surface area (Å²) >= 11 is 0. The summed E-state index contributed by atoms with van der Waals surface area (Å²) in [5, 5.41) is 0.679. The number of nitrogens with two attached hydrogens (primary N) is 1. The van der Waals surface area contributed by atoms with Crippen LogP contribution in [0.5, 0.6) is 0 Å².